The summed E-state index contributed by atoms with van der Waals surface area (Å²) in [6.45, 7) is 0.848. The van der Waals surface area contributed by atoms with Gasteiger partial charge in [-0.1, -0.05) is 6.92 Å². The van der Waals surface area contributed by atoms with Crippen molar-refractivity contribution in [2.45, 2.75) is 25.1 Å². The lowest BCUT2D eigenvalue weighted by atomic mass is 10.0. The lowest BCUT2D eigenvalue weighted by molar-refractivity contribution is -0.388. The number of hydrogen-bond acceptors (Lipinski definition) is 5. The summed E-state index contributed by atoms with van der Waals surface area (Å²) in [7, 11) is 0. The van der Waals surface area contributed by atoms with Gasteiger partial charge in [-0.25, -0.2) is 4.79 Å². The van der Waals surface area contributed by atoms with Crippen molar-refractivity contribution in [1.29, 1.82) is 0 Å². The molecule has 122 valence electrons. The summed E-state index contributed by atoms with van der Waals surface area (Å²) in [6, 6.07) is 2.16. The zero-order chi connectivity index (χ0) is 17.1. The predicted octanol–water partition coefficient (Wildman–Crippen LogP) is 2.25. The standard InChI is InChI=1S/C12H13F3N2O5/c1-2-11(20,10(18)19)6-16-7-3-4-9(17(21)22)8(5-7)12(13,14)15/h3-5,16,20H,2,6H2,1H3,(H,18,19)/t11-/m0/s1. The second-order valence-electron chi connectivity index (χ2n) is 4.53. The van der Waals surface area contributed by atoms with Crippen molar-refractivity contribution in [1.82, 2.24) is 0 Å². The van der Waals surface area contributed by atoms with Gasteiger partial charge in [-0.05, 0) is 18.6 Å². The third kappa shape index (κ3) is 3.85. The number of nitrogens with zero attached hydrogens (tertiary/aromatic N) is 1. The first kappa shape index (κ1) is 17.7. The highest BCUT2D eigenvalue weighted by atomic mass is 19.4. The van der Waals surface area contributed by atoms with Gasteiger partial charge in [0.1, 0.15) is 5.56 Å². The van der Waals surface area contributed by atoms with Gasteiger partial charge in [0, 0.05) is 11.8 Å². The van der Waals surface area contributed by atoms with Crippen LogP contribution in [0.25, 0.3) is 0 Å². The molecular formula is C12H13F3N2O5. The number of hydrogen-bond donors (Lipinski definition) is 3. The van der Waals surface area contributed by atoms with Gasteiger partial charge in [0.25, 0.3) is 5.69 Å². The number of nitro groups is 1. The van der Waals surface area contributed by atoms with E-state index in [4.69, 9.17) is 5.11 Å². The van der Waals surface area contributed by atoms with Crippen LogP contribution in [0, 0.1) is 10.1 Å². The van der Waals surface area contributed by atoms with Crippen molar-refractivity contribution in [3.8, 4) is 0 Å². The summed E-state index contributed by atoms with van der Waals surface area (Å²) in [4.78, 5) is 20.3. The average molecular weight is 322 g/mol. The molecule has 3 N–H and O–H groups in total. The van der Waals surface area contributed by atoms with Crippen LogP contribution in [0.3, 0.4) is 0 Å². The molecule has 0 unspecified atom stereocenters. The number of carboxylic acid groups (broad SMARTS) is 1. The van der Waals surface area contributed by atoms with Gasteiger partial charge in [0.2, 0.25) is 0 Å². The first-order valence-corrected chi connectivity index (χ1v) is 6.06. The number of benzene rings is 1. The maximum atomic E-state index is 12.8. The molecule has 22 heavy (non-hydrogen) atoms. The number of aliphatic carboxylic acids is 1. The number of rotatable bonds is 6. The van der Waals surface area contributed by atoms with Crippen LogP contribution in [0.4, 0.5) is 24.5 Å². The number of halogens is 3. The smallest absolute Gasteiger partial charge is 0.423 e. The Kier molecular flexibility index (Phi) is 4.97. The molecule has 0 saturated heterocycles. The lowest BCUT2D eigenvalue weighted by Crippen LogP contribution is -2.44. The molecule has 0 heterocycles. The zero-order valence-corrected chi connectivity index (χ0v) is 11.3. The summed E-state index contributed by atoms with van der Waals surface area (Å²) in [5.74, 6) is -1.53. The molecule has 0 aliphatic rings. The third-order valence-corrected chi connectivity index (χ3v) is 3.07. The molecule has 0 saturated carbocycles. The zero-order valence-electron chi connectivity index (χ0n) is 11.3. The quantitative estimate of drug-likeness (QED) is 0.547. The van der Waals surface area contributed by atoms with Crippen molar-refractivity contribution in [3.05, 3.63) is 33.9 Å². The summed E-state index contributed by atoms with van der Waals surface area (Å²) in [5, 5.41) is 31.5. The molecular weight excluding hydrogens is 309 g/mol. The summed E-state index contributed by atoms with van der Waals surface area (Å²) < 4.78 is 38.3. The molecule has 10 heteroatoms. The van der Waals surface area contributed by atoms with E-state index in [1.165, 1.54) is 6.92 Å². The molecule has 1 atom stereocenters. The monoisotopic (exact) mass is 322 g/mol. The molecule has 0 bridgehead atoms. The third-order valence-electron chi connectivity index (χ3n) is 3.07. The minimum Gasteiger partial charge on any atom is -0.479 e. The number of carboxylic acids is 1. The van der Waals surface area contributed by atoms with Crippen molar-refractivity contribution in [2.24, 2.45) is 0 Å². The maximum Gasteiger partial charge on any atom is 0.423 e. The Hall–Kier alpha value is -2.36. The Balaban J connectivity index is 3.08. The lowest BCUT2D eigenvalue weighted by Gasteiger charge is -2.22. The van der Waals surface area contributed by atoms with Gasteiger partial charge in [0.15, 0.2) is 5.60 Å². The molecule has 1 rings (SSSR count). The molecule has 1 aromatic carbocycles. The van der Waals surface area contributed by atoms with Crippen LogP contribution in [0.2, 0.25) is 0 Å². The van der Waals surface area contributed by atoms with Crippen LogP contribution in [-0.2, 0) is 11.0 Å². The van der Waals surface area contributed by atoms with E-state index < -0.39 is 40.5 Å². The topological polar surface area (TPSA) is 113 Å². The molecule has 0 fully saturated rings. The van der Waals surface area contributed by atoms with Gasteiger partial charge >= 0.3 is 12.1 Å². The Morgan fingerprint density at radius 3 is 2.41 bits per heavy atom. The van der Waals surface area contributed by atoms with Gasteiger partial charge in [-0.2, -0.15) is 13.2 Å². The highest BCUT2D eigenvalue weighted by Crippen LogP contribution is 2.37. The van der Waals surface area contributed by atoms with E-state index >= 15 is 0 Å². The predicted molar refractivity (Wildman–Crippen MR) is 69.5 cm³/mol. The van der Waals surface area contributed by atoms with Crippen LogP contribution in [0.5, 0.6) is 0 Å². The Bertz CT molecular complexity index is 591. The Labute approximate surface area is 122 Å². The van der Waals surface area contributed by atoms with Crippen LogP contribution in [0.15, 0.2) is 18.2 Å². The van der Waals surface area contributed by atoms with Crippen molar-refractivity contribution >= 4 is 17.3 Å². The Morgan fingerprint density at radius 1 is 1.41 bits per heavy atom. The minimum absolute atomic E-state index is 0.172. The van der Waals surface area contributed by atoms with Crippen LogP contribution >= 0.6 is 0 Å². The summed E-state index contributed by atoms with van der Waals surface area (Å²) >= 11 is 0. The Morgan fingerprint density at radius 2 is 2.00 bits per heavy atom. The molecule has 0 radical (unpaired) electrons. The second-order valence-corrected chi connectivity index (χ2v) is 4.53. The van der Waals surface area contributed by atoms with Crippen molar-refractivity contribution < 1.29 is 33.1 Å². The summed E-state index contributed by atoms with van der Waals surface area (Å²) in [5.41, 5.74) is -4.91. The number of nitro benzene ring substituents is 1. The van der Waals surface area contributed by atoms with Gasteiger partial charge in [-0.15, -0.1) is 0 Å². The van der Waals surface area contributed by atoms with E-state index in [0.717, 1.165) is 6.07 Å². The number of nitrogens with one attached hydrogen (secondary N) is 1. The van der Waals surface area contributed by atoms with E-state index in [1.54, 1.807) is 0 Å². The number of anilines is 1. The van der Waals surface area contributed by atoms with Gasteiger partial charge in [0.05, 0.1) is 11.5 Å². The van der Waals surface area contributed by atoms with Gasteiger partial charge in [-0.3, -0.25) is 10.1 Å². The fourth-order valence-corrected chi connectivity index (χ4v) is 1.63. The van der Waals surface area contributed by atoms with E-state index in [0.29, 0.717) is 12.1 Å². The first-order valence-electron chi connectivity index (χ1n) is 6.06. The van der Waals surface area contributed by atoms with Crippen LogP contribution in [-0.4, -0.2) is 33.3 Å². The van der Waals surface area contributed by atoms with E-state index in [2.05, 4.69) is 5.32 Å². The van der Waals surface area contributed by atoms with E-state index in [9.17, 15) is 33.2 Å². The second kappa shape index (κ2) is 6.18. The fraction of sp³-hybridized carbons (Fsp3) is 0.417. The highest BCUT2D eigenvalue weighted by molar-refractivity contribution is 5.78. The highest BCUT2D eigenvalue weighted by Gasteiger charge is 2.39. The minimum atomic E-state index is -4.94. The number of aliphatic hydroxyl groups is 1. The fourth-order valence-electron chi connectivity index (χ4n) is 1.63. The molecule has 0 amide bonds. The van der Waals surface area contributed by atoms with Gasteiger partial charge < -0.3 is 15.5 Å². The van der Waals surface area contributed by atoms with E-state index in [1.807, 2.05) is 0 Å². The van der Waals surface area contributed by atoms with Crippen molar-refractivity contribution in [2.75, 3.05) is 11.9 Å². The van der Waals surface area contributed by atoms with E-state index in [-0.39, 0.29) is 12.1 Å². The molecule has 1 aromatic rings. The normalized spacial score (nSPS) is 14.2. The number of carbonyl (C=O) groups is 1. The SMILES string of the molecule is CC[C@](O)(CNc1ccc([N+](=O)[O-])c(C(F)(F)F)c1)C(=O)O. The number of alkyl halides is 3. The van der Waals surface area contributed by atoms with Crippen LogP contribution in [0.1, 0.15) is 18.9 Å². The molecule has 0 aliphatic heterocycles. The first-order chi connectivity index (χ1) is 10.0. The summed E-state index contributed by atoms with van der Waals surface area (Å²) in [6.07, 6.45) is -5.11. The molecule has 7 nitrogen and oxygen atoms in total. The maximum absolute atomic E-state index is 12.8. The van der Waals surface area contributed by atoms with Crippen molar-refractivity contribution in [3.63, 3.8) is 0 Å². The molecule has 0 aliphatic carbocycles. The molecule has 0 aromatic heterocycles. The average Bonchev–Trinajstić information content (AvgIpc) is 2.43. The molecule has 0 spiro atoms. The largest absolute Gasteiger partial charge is 0.479 e. The van der Waals surface area contributed by atoms with Crippen LogP contribution < -0.4 is 5.32 Å².